The van der Waals surface area contributed by atoms with Gasteiger partial charge in [-0.3, -0.25) is 9.20 Å². The predicted molar refractivity (Wildman–Crippen MR) is 93.4 cm³/mol. The van der Waals surface area contributed by atoms with Gasteiger partial charge in [-0.05, 0) is 33.1 Å². The molecule has 8 heteroatoms. The van der Waals surface area contributed by atoms with Gasteiger partial charge in [0, 0.05) is 24.9 Å². The number of carbonyl (C=O) groups excluding carboxylic acids is 1. The molecule has 1 amide bonds. The van der Waals surface area contributed by atoms with Crippen molar-refractivity contribution in [3.8, 4) is 5.88 Å². The molecule has 4 rings (SSSR count). The molecule has 2 aromatic rings. The van der Waals surface area contributed by atoms with Crippen LogP contribution in [0.25, 0.3) is 5.78 Å². The number of hydrogen-bond acceptors (Lipinski definition) is 6. The Morgan fingerprint density at radius 2 is 2.27 bits per heavy atom. The van der Waals surface area contributed by atoms with Crippen LogP contribution in [0.1, 0.15) is 49.2 Å². The molecule has 8 nitrogen and oxygen atoms in total. The number of aromatic nitrogens is 3. The van der Waals surface area contributed by atoms with E-state index in [4.69, 9.17) is 24.9 Å². The van der Waals surface area contributed by atoms with Crippen LogP contribution in [-0.4, -0.2) is 52.3 Å². The van der Waals surface area contributed by atoms with Crippen molar-refractivity contribution >= 4 is 11.7 Å². The molecule has 2 N–H and O–H groups in total. The average molecular weight is 360 g/mol. The summed E-state index contributed by atoms with van der Waals surface area (Å²) >= 11 is 0. The molecule has 2 atom stereocenters. The number of carbonyl (C=O) groups is 1. The van der Waals surface area contributed by atoms with E-state index >= 15 is 0 Å². The topological polar surface area (TPSA) is 101 Å². The monoisotopic (exact) mass is 360 g/mol. The Morgan fingerprint density at radius 1 is 1.46 bits per heavy atom. The van der Waals surface area contributed by atoms with E-state index in [0.717, 1.165) is 25.0 Å². The SMILES string of the molecule is COC[C@@]12CC[C@@](c3nc4ncc(C(N)=O)cn4c3OC(C)C)(CO1)C2. The molecule has 2 bridgehead atoms. The Hall–Kier alpha value is -2.19. The molecule has 1 saturated carbocycles. The van der Waals surface area contributed by atoms with Gasteiger partial charge in [0.15, 0.2) is 0 Å². The molecule has 1 saturated heterocycles. The summed E-state index contributed by atoms with van der Waals surface area (Å²) in [4.78, 5) is 20.6. The summed E-state index contributed by atoms with van der Waals surface area (Å²) in [6.45, 7) is 5.08. The summed E-state index contributed by atoms with van der Waals surface area (Å²) in [5.41, 5.74) is 6.10. The van der Waals surface area contributed by atoms with Gasteiger partial charge in [0.25, 0.3) is 5.91 Å². The Bertz CT molecular complexity index is 852. The maximum atomic E-state index is 11.6. The first-order chi connectivity index (χ1) is 12.4. The van der Waals surface area contributed by atoms with Gasteiger partial charge in [-0.2, -0.15) is 0 Å². The van der Waals surface area contributed by atoms with Crippen molar-refractivity contribution in [3.63, 3.8) is 0 Å². The predicted octanol–water partition coefficient (Wildman–Crippen LogP) is 1.45. The number of hydrogen-bond donors (Lipinski definition) is 1. The minimum Gasteiger partial charge on any atom is -0.475 e. The lowest BCUT2D eigenvalue weighted by molar-refractivity contribution is -0.0660. The normalized spacial score (nSPS) is 27.5. The van der Waals surface area contributed by atoms with Crippen molar-refractivity contribution in [1.82, 2.24) is 14.4 Å². The lowest BCUT2D eigenvalue weighted by Gasteiger charge is -2.27. The quantitative estimate of drug-likeness (QED) is 0.837. The third kappa shape index (κ3) is 2.55. The Balaban J connectivity index is 1.83. The van der Waals surface area contributed by atoms with Gasteiger partial charge in [0.05, 0.1) is 30.5 Å². The van der Waals surface area contributed by atoms with Crippen LogP contribution in [0.4, 0.5) is 0 Å². The second kappa shape index (κ2) is 5.92. The zero-order valence-corrected chi connectivity index (χ0v) is 15.3. The highest BCUT2D eigenvalue weighted by atomic mass is 16.5. The van der Waals surface area contributed by atoms with Crippen LogP contribution in [0.15, 0.2) is 12.4 Å². The summed E-state index contributed by atoms with van der Waals surface area (Å²) in [6, 6.07) is 0. The van der Waals surface area contributed by atoms with Crippen molar-refractivity contribution in [1.29, 1.82) is 0 Å². The third-order valence-corrected chi connectivity index (χ3v) is 5.35. The van der Waals surface area contributed by atoms with Crippen LogP contribution in [-0.2, 0) is 14.9 Å². The Morgan fingerprint density at radius 3 is 2.88 bits per heavy atom. The second-order valence-electron chi connectivity index (χ2n) is 7.67. The fourth-order valence-corrected chi connectivity index (χ4v) is 4.22. The van der Waals surface area contributed by atoms with Gasteiger partial charge in [0.2, 0.25) is 11.7 Å². The summed E-state index contributed by atoms with van der Waals surface area (Å²) < 4.78 is 19.3. The number of primary amides is 1. The smallest absolute Gasteiger partial charge is 0.251 e. The molecule has 0 aromatic carbocycles. The molecule has 0 spiro atoms. The molecule has 3 heterocycles. The van der Waals surface area contributed by atoms with Crippen LogP contribution in [0.5, 0.6) is 5.88 Å². The van der Waals surface area contributed by atoms with E-state index in [2.05, 4.69) is 4.98 Å². The molecule has 0 unspecified atom stereocenters. The number of methoxy groups -OCH3 is 1. The summed E-state index contributed by atoms with van der Waals surface area (Å²) in [6.07, 6.45) is 5.76. The number of nitrogens with two attached hydrogens (primary N) is 1. The molecule has 2 aromatic heterocycles. The van der Waals surface area contributed by atoms with Gasteiger partial charge in [-0.1, -0.05) is 0 Å². The van der Waals surface area contributed by atoms with E-state index in [1.54, 1.807) is 17.7 Å². The molecule has 2 fully saturated rings. The molecular formula is C18H24N4O4. The zero-order valence-electron chi connectivity index (χ0n) is 15.3. The lowest BCUT2D eigenvalue weighted by Crippen LogP contribution is -2.32. The van der Waals surface area contributed by atoms with Gasteiger partial charge in [-0.15, -0.1) is 0 Å². The zero-order chi connectivity index (χ0) is 18.5. The van der Waals surface area contributed by atoms with Crippen molar-refractivity contribution in [2.45, 2.75) is 50.2 Å². The van der Waals surface area contributed by atoms with Crippen molar-refractivity contribution in [2.75, 3.05) is 20.3 Å². The van der Waals surface area contributed by atoms with E-state index in [9.17, 15) is 4.79 Å². The molecule has 1 aliphatic carbocycles. The van der Waals surface area contributed by atoms with Gasteiger partial charge >= 0.3 is 0 Å². The standard InChI is InChI=1S/C18H24N4O4/c1-11(2)26-15-13(17-4-5-18(8-17,10-24-3)25-9-17)21-16-20-6-12(14(19)23)7-22(15)16/h6-7,11H,4-5,8-10H2,1-3H3,(H2,19,23)/t17-,18-/m0/s1. The van der Waals surface area contributed by atoms with Crippen molar-refractivity contribution in [2.24, 2.45) is 5.73 Å². The van der Waals surface area contributed by atoms with Gasteiger partial charge < -0.3 is 19.9 Å². The molecular weight excluding hydrogens is 336 g/mol. The second-order valence-corrected chi connectivity index (χ2v) is 7.67. The number of imidazole rings is 1. The number of ether oxygens (including phenoxy) is 3. The van der Waals surface area contributed by atoms with E-state index in [1.165, 1.54) is 6.20 Å². The summed E-state index contributed by atoms with van der Waals surface area (Å²) in [7, 11) is 1.70. The van der Waals surface area contributed by atoms with Crippen molar-refractivity contribution in [3.05, 3.63) is 23.7 Å². The minimum absolute atomic E-state index is 0.0465. The maximum Gasteiger partial charge on any atom is 0.251 e. The summed E-state index contributed by atoms with van der Waals surface area (Å²) in [5.74, 6) is 0.572. The first-order valence-corrected chi connectivity index (χ1v) is 8.86. The number of nitrogens with zero attached hydrogens (tertiary/aromatic N) is 3. The fourth-order valence-electron chi connectivity index (χ4n) is 4.22. The first kappa shape index (κ1) is 17.2. The Labute approximate surface area is 151 Å². The van der Waals surface area contributed by atoms with Crippen LogP contribution in [0.2, 0.25) is 0 Å². The fraction of sp³-hybridized carbons (Fsp3) is 0.611. The van der Waals surface area contributed by atoms with Gasteiger partial charge in [0.1, 0.15) is 5.69 Å². The molecule has 26 heavy (non-hydrogen) atoms. The van der Waals surface area contributed by atoms with E-state index in [0.29, 0.717) is 30.4 Å². The van der Waals surface area contributed by atoms with E-state index < -0.39 is 5.91 Å². The van der Waals surface area contributed by atoms with Crippen molar-refractivity contribution < 1.29 is 19.0 Å². The molecule has 2 aliphatic rings. The molecule has 0 radical (unpaired) electrons. The van der Waals surface area contributed by atoms with E-state index in [1.807, 2.05) is 13.8 Å². The number of rotatable bonds is 6. The number of amides is 1. The summed E-state index contributed by atoms with van der Waals surface area (Å²) in [5, 5.41) is 0. The minimum atomic E-state index is -0.535. The average Bonchev–Trinajstić information content (AvgIpc) is 3.25. The van der Waals surface area contributed by atoms with Crippen LogP contribution < -0.4 is 10.5 Å². The first-order valence-electron chi connectivity index (χ1n) is 8.86. The molecule has 1 aliphatic heterocycles. The van der Waals surface area contributed by atoms with Crippen LogP contribution in [0.3, 0.4) is 0 Å². The van der Waals surface area contributed by atoms with Crippen LogP contribution in [0, 0.1) is 0 Å². The van der Waals surface area contributed by atoms with Crippen LogP contribution >= 0.6 is 0 Å². The highest BCUT2D eigenvalue weighted by Gasteiger charge is 2.58. The molecule has 140 valence electrons. The Kier molecular flexibility index (Phi) is 3.92. The third-order valence-electron chi connectivity index (χ3n) is 5.35. The van der Waals surface area contributed by atoms with Gasteiger partial charge in [-0.25, -0.2) is 9.97 Å². The highest BCUT2D eigenvalue weighted by molar-refractivity contribution is 5.92. The maximum absolute atomic E-state index is 11.6. The van der Waals surface area contributed by atoms with E-state index in [-0.39, 0.29) is 17.1 Å². The largest absolute Gasteiger partial charge is 0.475 e. The highest BCUT2D eigenvalue weighted by Crippen LogP contribution is 2.55. The number of fused-ring (bicyclic) bond motifs is 3. The lowest BCUT2D eigenvalue weighted by atomic mass is 9.84.